The van der Waals surface area contributed by atoms with E-state index in [-0.39, 0.29) is 23.9 Å². The number of nitrogens with one attached hydrogen (secondary N) is 5. The average molecular weight is 573 g/mol. The maximum atomic E-state index is 12.9. The van der Waals surface area contributed by atoms with Gasteiger partial charge in [-0.15, -0.1) is 0 Å². The first-order chi connectivity index (χ1) is 19.9. The summed E-state index contributed by atoms with van der Waals surface area (Å²) in [4.78, 5) is 39.3. The zero-order valence-corrected chi connectivity index (χ0v) is 23.7. The van der Waals surface area contributed by atoms with E-state index in [1.165, 1.54) is 6.08 Å². The number of aromatic amines is 1. The van der Waals surface area contributed by atoms with Crippen LogP contribution in [0.2, 0.25) is 5.02 Å². The van der Waals surface area contributed by atoms with Crippen LogP contribution in [0.15, 0.2) is 73.1 Å². The predicted molar refractivity (Wildman–Crippen MR) is 163 cm³/mol. The Kier molecular flexibility index (Phi) is 8.93. The Labute approximate surface area is 243 Å². The number of para-hydroxylation sites is 1. The van der Waals surface area contributed by atoms with Crippen molar-refractivity contribution in [3.63, 3.8) is 0 Å². The molecule has 3 heterocycles. The topological polar surface area (TPSA) is 127 Å². The highest BCUT2D eigenvalue weighted by atomic mass is 35.5. The lowest BCUT2D eigenvalue weighted by Crippen LogP contribution is -2.52. The first kappa shape index (κ1) is 28.3. The molecule has 212 valence electrons. The summed E-state index contributed by atoms with van der Waals surface area (Å²) in [6.45, 7) is 2.04. The van der Waals surface area contributed by atoms with E-state index in [9.17, 15) is 9.59 Å². The van der Waals surface area contributed by atoms with Gasteiger partial charge >= 0.3 is 0 Å². The quantitative estimate of drug-likeness (QED) is 0.192. The normalized spacial score (nSPS) is 17.2. The number of anilines is 2. The molecule has 0 bridgehead atoms. The van der Waals surface area contributed by atoms with E-state index in [4.69, 9.17) is 16.6 Å². The molecule has 2 aromatic heterocycles. The summed E-state index contributed by atoms with van der Waals surface area (Å²) in [6, 6.07) is 14.8. The van der Waals surface area contributed by atoms with Crippen LogP contribution in [0.25, 0.3) is 22.2 Å². The Morgan fingerprint density at radius 2 is 1.88 bits per heavy atom. The van der Waals surface area contributed by atoms with Gasteiger partial charge < -0.3 is 31.2 Å². The number of carbonyl (C=O) groups is 2. The van der Waals surface area contributed by atoms with Gasteiger partial charge in [0.1, 0.15) is 0 Å². The van der Waals surface area contributed by atoms with Crippen molar-refractivity contribution in [3.05, 3.63) is 83.7 Å². The van der Waals surface area contributed by atoms with E-state index in [0.29, 0.717) is 54.0 Å². The van der Waals surface area contributed by atoms with Gasteiger partial charge in [0.25, 0.3) is 5.91 Å². The van der Waals surface area contributed by atoms with Crippen LogP contribution >= 0.6 is 11.6 Å². The summed E-state index contributed by atoms with van der Waals surface area (Å²) in [5.41, 5.74) is 3.72. The highest BCUT2D eigenvalue weighted by molar-refractivity contribution is 6.33. The van der Waals surface area contributed by atoms with E-state index >= 15 is 0 Å². The number of benzene rings is 2. The summed E-state index contributed by atoms with van der Waals surface area (Å²) < 4.78 is 0. The fourth-order valence-corrected chi connectivity index (χ4v) is 4.96. The lowest BCUT2D eigenvalue weighted by molar-refractivity contribution is -0.111. The van der Waals surface area contributed by atoms with Gasteiger partial charge in [-0.3, -0.25) is 9.59 Å². The van der Waals surface area contributed by atoms with Crippen LogP contribution < -0.4 is 21.3 Å². The zero-order valence-electron chi connectivity index (χ0n) is 22.9. The number of aromatic nitrogens is 3. The number of nitrogens with zero attached hydrogens (tertiary/aromatic N) is 3. The van der Waals surface area contributed by atoms with E-state index in [1.54, 1.807) is 36.5 Å². The summed E-state index contributed by atoms with van der Waals surface area (Å²) in [5.74, 6) is 0.0855. The van der Waals surface area contributed by atoms with Crippen molar-refractivity contribution in [3.8, 4) is 11.3 Å². The minimum absolute atomic E-state index is 0.00387. The number of rotatable bonds is 9. The standard InChI is InChI=1S/C30H33ClN8O2/c1-39(2)13-5-8-27(40)35-20-11-9-19(10-12-20)29(41)36-21-14-22(16-32-15-21)37-30-34-18-25(31)28(38-30)24-17-33-26-7-4-3-6-23(24)26/h3-12,17-18,21-22,32-33H,13-16H2,1-2H3,(H,35,40)(H,36,41)(H,34,37,38). The van der Waals surface area contributed by atoms with E-state index in [1.807, 2.05) is 49.5 Å². The van der Waals surface area contributed by atoms with Gasteiger partial charge in [0.2, 0.25) is 11.9 Å². The minimum Gasteiger partial charge on any atom is -0.360 e. The molecule has 2 atom stereocenters. The number of hydrogen-bond donors (Lipinski definition) is 5. The van der Waals surface area contributed by atoms with Crippen LogP contribution in [0.1, 0.15) is 16.8 Å². The molecule has 5 N–H and O–H groups in total. The molecule has 0 spiro atoms. The van der Waals surface area contributed by atoms with Crippen LogP contribution in [-0.4, -0.2) is 77.5 Å². The Hall–Kier alpha value is -4.25. The van der Waals surface area contributed by atoms with Crippen LogP contribution in [0, 0.1) is 0 Å². The summed E-state index contributed by atoms with van der Waals surface area (Å²) >= 11 is 6.48. The van der Waals surface area contributed by atoms with E-state index < -0.39 is 0 Å². The third kappa shape index (κ3) is 7.29. The van der Waals surface area contributed by atoms with Crippen molar-refractivity contribution in [2.75, 3.05) is 44.4 Å². The van der Waals surface area contributed by atoms with Gasteiger partial charge in [0, 0.05) is 71.7 Å². The van der Waals surface area contributed by atoms with Gasteiger partial charge in [-0.25, -0.2) is 9.97 Å². The number of amides is 2. The van der Waals surface area contributed by atoms with Crippen molar-refractivity contribution in [2.45, 2.75) is 18.5 Å². The molecule has 0 aliphatic carbocycles. The molecule has 1 saturated heterocycles. The number of hydrogen-bond acceptors (Lipinski definition) is 7. The summed E-state index contributed by atoms with van der Waals surface area (Å²) in [6.07, 6.45) is 7.50. The monoisotopic (exact) mass is 572 g/mol. The molecule has 4 aromatic rings. The molecule has 2 aromatic carbocycles. The summed E-state index contributed by atoms with van der Waals surface area (Å²) in [5, 5.41) is 14.2. The minimum atomic E-state index is -0.214. The molecule has 41 heavy (non-hydrogen) atoms. The number of fused-ring (bicyclic) bond motifs is 1. The summed E-state index contributed by atoms with van der Waals surface area (Å²) in [7, 11) is 3.87. The van der Waals surface area contributed by atoms with Crippen molar-refractivity contribution < 1.29 is 9.59 Å². The molecule has 1 aliphatic rings. The lowest BCUT2D eigenvalue weighted by Gasteiger charge is -2.31. The fourth-order valence-electron chi connectivity index (χ4n) is 4.77. The number of halogens is 1. The van der Waals surface area contributed by atoms with Gasteiger partial charge in [-0.05, 0) is 50.8 Å². The smallest absolute Gasteiger partial charge is 0.251 e. The second-order valence-corrected chi connectivity index (χ2v) is 10.7. The highest BCUT2D eigenvalue weighted by Crippen LogP contribution is 2.32. The highest BCUT2D eigenvalue weighted by Gasteiger charge is 2.24. The molecule has 5 rings (SSSR count). The predicted octanol–water partition coefficient (Wildman–Crippen LogP) is 3.91. The zero-order chi connectivity index (χ0) is 28.8. The SMILES string of the molecule is CN(C)CC=CC(=O)Nc1ccc(C(=O)NC2CNCC(Nc3ncc(Cl)c(-c4c[nH]c5ccccc45)n3)C2)cc1. The largest absolute Gasteiger partial charge is 0.360 e. The van der Waals surface area contributed by atoms with Crippen molar-refractivity contribution in [2.24, 2.45) is 0 Å². The number of piperidine rings is 1. The Balaban J connectivity index is 1.17. The number of likely N-dealkylation sites (N-methyl/N-ethyl adjacent to an activating group) is 1. The van der Waals surface area contributed by atoms with Gasteiger partial charge in [-0.1, -0.05) is 35.9 Å². The average Bonchev–Trinajstić information content (AvgIpc) is 3.38. The molecule has 10 nitrogen and oxygen atoms in total. The van der Waals surface area contributed by atoms with E-state index in [0.717, 1.165) is 16.5 Å². The van der Waals surface area contributed by atoms with Gasteiger partial charge in [-0.2, -0.15) is 0 Å². The molecule has 0 radical (unpaired) electrons. The Bertz CT molecular complexity index is 1550. The van der Waals surface area contributed by atoms with Crippen LogP contribution in [0.3, 0.4) is 0 Å². The lowest BCUT2D eigenvalue weighted by atomic mass is 10.0. The van der Waals surface area contributed by atoms with Crippen LogP contribution in [0.5, 0.6) is 0 Å². The second-order valence-electron chi connectivity index (χ2n) is 10.3. The number of H-pyrrole nitrogens is 1. The molecule has 11 heteroatoms. The fraction of sp³-hybridized carbons (Fsp3) is 0.267. The molecular weight excluding hydrogens is 540 g/mol. The molecule has 2 amide bonds. The maximum Gasteiger partial charge on any atom is 0.251 e. The van der Waals surface area contributed by atoms with Crippen LogP contribution in [-0.2, 0) is 4.79 Å². The second kappa shape index (κ2) is 12.9. The molecule has 0 saturated carbocycles. The van der Waals surface area contributed by atoms with Gasteiger partial charge in [0.05, 0.1) is 16.9 Å². The third-order valence-corrected chi connectivity index (χ3v) is 7.04. The third-order valence-electron chi connectivity index (χ3n) is 6.76. The van der Waals surface area contributed by atoms with Crippen molar-refractivity contribution >= 4 is 46.0 Å². The molecule has 2 unspecified atom stereocenters. The maximum absolute atomic E-state index is 12.9. The van der Waals surface area contributed by atoms with Gasteiger partial charge in [0.15, 0.2) is 0 Å². The van der Waals surface area contributed by atoms with E-state index in [2.05, 4.69) is 31.2 Å². The Morgan fingerprint density at radius 1 is 1.10 bits per heavy atom. The molecule has 1 fully saturated rings. The van der Waals surface area contributed by atoms with Crippen molar-refractivity contribution in [1.29, 1.82) is 0 Å². The van der Waals surface area contributed by atoms with Crippen LogP contribution in [0.4, 0.5) is 11.6 Å². The molecule has 1 aliphatic heterocycles. The molecular formula is C30H33ClN8O2. The first-order valence-electron chi connectivity index (χ1n) is 13.4. The first-order valence-corrected chi connectivity index (χ1v) is 13.8. The Morgan fingerprint density at radius 3 is 2.68 bits per heavy atom. The van der Waals surface area contributed by atoms with Crippen molar-refractivity contribution in [1.82, 2.24) is 30.5 Å². The number of carbonyl (C=O) groups excluding carboxylic acids is 2.